The summed E-state index contributed by atoms with van der Waals surface area (Å²) < 4.78 is 5.36. The molecule has 7 heteroatoms. The van der Waals surface area contributed by atoms with E-state index in [-0.39, 0.29) is 0 Å². The average Bonchev–Trinajstić information content (AvgIpc) is 3.30. The van der Waals surface area contributed by atoms with Crippen LogP contribution >= 0.6 is 11.3 Å². The van der Waals surface area contributed by atoms with Crippen LogP contribution in [0.2, 0.25) is 0 Å². The molecule has 0 saturated carbocycles. The number of hydrogen-bond acceptors (Lipinski definition) is 5. The Hall–Kier alpha value is -1.86. The molecule has 2 aromatic heterocycles. The maximum atomic E-state index is 5.36. The molecule has 2 N–H and O–H groups in total. The Kier molecular flexibility index (Phi) is 6.32. The summed E-state index contributed by atoms with van der Waals surface area (Å²) in [4.78, 5) is 8.38. The molecule has 1 unspecified atom stereocenters. The fourth-order valence-electron chi connectivity index (χ4n) is 3.10. The van der Waals surface area contributed by atoms with Crippen LogP contribution < -0.4 is 10.6 Å². The van der Waals surface area contributed by atoms with Crippen molar-refractivity contribution in [3.8, 4) is 0 Å². The summed E-state index contributed by atoms with van der Waals surface area (Å²) >= 11 is 1.88. The zero-order chi connectivity index (χ0) is 18.5. The van der Waals surface area contributed by atoms with Gasteiger partial charge in [0.2, 0.25) is 0 Å². The van der Waals surface area contributed by atoms with Crippen LogP contribution in [0.4, 0.5) is 0 Å². The summed E-state index contributed by atoms with van der Waals surface area (Å²) in [6, 6.07) is 4.70. The molecule has 2 aromatic rings. The largest absolute Gasteiger partial charge is 0.359 e. The molecule has 1 atom stereocenters. The maximum Gasteiger partial charge on any atom is 0.191 e. The Morgan fingerprint density at radius 1 is 1.38 bits per heavy atom. The number of hydrogen-bond donors (Lipinski definition) is 2. The van der Waals surface area contributed by atoms with Gasteiger partial charge in [0.05, 0.1) is 12.2 Å². The van der Waals surface area contributed by atoms with Gasteiger partial charge in [-0.25, -0.2) is 0 Å². The quantitative estimate of drug-likeness (QED) is 0.600. The molecule has 0 aromatic carbocycles. The highest BCUT2D eigenvalue weighted by Crippen LogP contribution is 2.24. The lowest BCUT2D eigenvalue weighted by atomic mass is 10.1. The highest BCUT2D eigenvalue weighted by Gasteiger charge is 2.21. The first-order chi connectivity index (χ1) is 12.6. The number of thiophene rings is 1. The van der Waals surface area contributed by atoms with E-state index in [9.17, 15) is 0 Å². The Morgan fingerprint density at radius 2 is 2.23 bits per heavy atom. The summed E-state index contributed by atoms with van der Waals surface area (Å²) in [5.74, 6) is 1.98. The van der Waals surface area contributed by atoms with Crippen LogP contribution in [0.15, 0.2) is 27.0 Å². The number of rotatable bonds is 6. The van der Waals surface area contributed by atoms with Crippen LogP contribution in [0.3, 0.4) is 0 Å². The Bertz CT molecular complexity index is 736. The van der Waals surface area contributed by atoms with Gasteiger partial charge in [-0.1, -0.05) is 19.0 Å². The highest BCUT2D eigenvalue weighted by molar-refractivity contribution is 7.10. The Labute approximate surface area is 159 Å². The third kappa shape index (κ3) is 4.65. The van der Waals surface area contributed by atoms with E-state index < -0.39 is 0 Å². The SMILES string of the molecule is CN=C(NCc1cc(C(C)C)no1)NCC(C)N1CCc2sccc2C1. The molecule has 0 aliphatic carbocycles. The number of guanidine groups is 1. The second-order valence-corrected chi connectivity index (χ2v) is 8.12. The van der Waals surface area contributed by atoms with Crippen molar-refractivity contribution in [3.63, 3.8) is 0 Å². The summed E-state index contributed by atoms with van der Waals surface area (Å²) in [7, 11) is 1.79. The van der Waals surface area contributed by atoms with Gasteiger partial charge < -0.3 is 15.2 Å². The Balaban J connectivity index is 1.45. The molecule has 3 heterocycles. The molecular formula is C19H29N5OS. The van der Waals surface area contributed by atoms with E-state index in [1.165, 1.54) is 5.56 Å². The first-order valence-corrected chi connectivity index (χ1v) is 10.1. The van der Waals surface area contributed by atoms with Crippen molar-refractivity contribution in [1.29, 1.82) is 0 Å². The third-order valence-electron chi connectivity index (χ3n) is 4.85. The predicted octanol–water partition coefficient (Wildman–Crippen LogP) is 2.97. The molecule has 1 aliphatic heterocycles. The molecule has 3 rings (SSSR count). The molecular weight excluding hydrogens is 346 g/mol. The van der Waals surface area contributed by atoms with Gasteiger partial charge in [-0.05, 0) is 36.3 Å². The van der Waals surface area contributed by atoms with E-state index >= 15 is 0 Å². The first kappa shape index (κ1) is 18.9. The average molecular weight is 376 g/mol. The van der Waals surface area contributed by atoms with Crippen molar-refractivity contribution in [3.05, 3.63) is 39.4 Å². The zero-order valence-corrected chi connectivity index (χ0v) is 16.9. The third-order valence-corrected chi connectivity index (χ3v) is 5.87. The molecule has 0 fully saturated rings. The molecule has 0 saturated heterocycles. The fraction of sp³-hybridized carbons (Fsp3) is 0.579. The number of nitrogens with one attached hydrogen (secondary N) is 2. The molecule has 0 radical (unpaired) electrons. The summed E-state index contributed by atoms with van der Waals surface area (Å²) in [6.45, 7) is 10.1. The minimum Gasteiger partial charge on any atom is -0.359 e. The summed E-state index contributed by atoms with van der Waals surface area (Å²) in [6.07, 6.45) is 1.16. The van der Waals surface area contributed by atoms with Crippen molar-refractivity contribution in [2.24, 2.45) is 4.99 Å². The number of aliphatic imine (C=N–C) groups is 1. The minimum absolute atomic E-state index is 0.374. The molecule has 1 aliphatic rings. The van der Waals surface area contributed by atoms with Crippen molar-refractivity contribution >= 4 is 17.3 Å². The fourth-order valence-corrected chi connectivity index (χ4v) is 3.99. The Morgan fingerprint density at radius 3 is 2.96 bits per heavy atom. The molecule has 0 bridgehead atoms. The van der Waals surface area contributed by atoms with Crippen molar-refractivity contribution in [1.82, 2.24) is 20.7 Å². The van der Waals surface area contributed by atoms with E-state index in [4.69, 9.17) is 4.52 Å². The van der Waals surface area contributed by atoms with Crippen molar-refractivity contribution < 1.29 is 4.52 Å². The lowest BCUT2D eigenvalue weighted by molar-refractivity contribution is 0.192. The van der Waals surface area contributed by atoms with Crippen LogP contribution in [0.25, 0.3) is 0 Å². The van der Waals surface area contributed by atoms with Crippen LogP contribution in [0, 0.1) is 0 Å². The topological polar surface area (TPSA) is 65.7 Å². The highest BCUT2D eigenvalue weighted by atomic mass is 32.1. The number of nitrogens with zero attached hydrogens (tertiary/aromatic N) is 3. The first-order valence-electron chi connectivity index (χ1n) is 9.26. The normalized spacial score (nSPS) is 16.6. The van der Waals surface area contributed by atoms with Gasteiger partial charge in [0, 0.05) is 43.7 Å². The van der Waals surface area contributed by atoms with Crippen molar-refractivity contribution in [2.75, 3.05) is 20.1 Å². The van der Waals surface area contributed by atoms with Gasteiger partial charge in [0.1, 0.15) is 0 Å². The van der Waals surface area contributed by atoms with Crippen LogP contribution in [-0.4, -0.2) is 42.2 Å². The monoisotopic (exact) mass is 375 g/mol. The maximum absolute atomic E-state index is 5.36. The number of aromatic nitrogens is 1. The summed E-state index contributed by atoms with van der Waals surface area (Å²) in [5.41, 5.74) is 2.47. The van der Waals surface area contributed by atoms with Crippen LogP contribution in [-0.2, 0) is 19.5 Å². The van der Waals surface area contributed by atoms with Crippen LogP contribution in [0.5, 0.6) is 0 Å². The van der Waals surface area contributed by atoms with Crippen molar-refractivity contribution in [2.45, 2.75) is 52.2 Å². The van der Waals surface area contributed by atoms with E-state index in [2.05, 4.69) is 57.9 Å². The van der Waals surface area contributed by atoms with Crippen LogP contribution in [0.1, 0.15) is 48.6 Å². The van der Waals surface area contributed by atoms with Gasteiger partial charge >= 0.3 is 0 Å². The van der Waals surface area contributed by atoms with Gasteiger partial charge in [0.15, 0.2) is 11.7 Å². The second-order valence-electron chi connectivity index (χ2n) is 7.12. The molecule has 0 spiro atoms. The molecule has 26 heavy (non-hydrogen) atoms. The van der Waals surface area contributed by atoms with E-state index in [1.54, 1.807) is 11.9 Å². The van der Waals surface area contributed by atoms with E-state index in [0.717, 1.165) is 43.5 Å². The molecule has 142 valence electrons. The van der Waals surface area contributed by atoms with Gasteiger partial charge in [0.25, 0.3) is 0 Å². The van der Waals surface area contributed by atoms with E-state index in [0.29, 0.717) is 18.5 Å². The second kappa shape index (κ2) is 8.68. The minimum atomic E-state index is 0.374. The zero-order valence-electron chi connectivity index (χ0n) is 16.1. The lowest BCUT2D eigenvalue weighted by Crippen LogP contribution is -2.47. The standard InChI is InChI=1S/C19H29N5OS/c1-13(2)17-9-16(25-23-17)11-22-19(20-4)21-10-14(3)24-7-5-18-15(12-24)6-8-26-18/h6,8-9,13-14H,5,7,10-12H2,1-4H3,(H2,20,21,22). The van der Waals surface area contributed by atoms with E-state index in [1.807, 2.05) is 17.4 Å². The van der Waals surface area contributed by atoms with Gasteiger partial charge in [-0.15, -0.1) is 11.3 Å². The van der Waals surface area contributed by atoms with Gasteiger partial charge in [-0.3, -0.25) is 9.89 Å². The number of fused-ring (bicyclic) bond motifs is 1. The predicted molar refractivity (Wildman–Crippen MR) is 107 cm³/mol. The van der Waals surface area contributed by atoms with Gasteiger partial charge in [-0.2, -0.15) is 0 Å². The lowest BCUT2D eigenvalue weighted by Gasteiger charge is -2.32. The molecule has 0 amide bonds. The smallest absolute Gasteiger partial charge is 0.191 e. The molecule has 6 nitrogen and oxygen atoms in total. The summed E-state index contributed by atoms with van der Waals surface area (Å²) in [5, 5.41) is 13.0.